The SMILES string of the molecule is CCCC(O)C(F)(F)C1(C)CCCC1. The van der Waals surface area contributed by atoms with Crippen molar-refractivity contribution in [2.75, 3.05) is 0 Å². The van der Waals surface area contributed by atoms with Gasteiger partial charge in [-0.15, -0.1) is 0 Å². The van der Waals surface area contributed by atoms with Gasteiger partial charge in [-0.05, 0) is 19.3 Å². The van der Waals surface area contributed by atoms with Crippen LogP contribution in [0.5, 0.6) is 0 Å². The molecule has 1 aliphatic carbocycles. The van der Waals surface area contributed by atoms with Crippen LogP contribution in [-0.2, 0) is 0 Å². The number of hydrogen-bond donors (Lipinski definition) is 1. The zero-order chi connectivity index (χ0) is 10.8. The number of hydrogen-bond acceptors (Lipinski definition) is 1. The van der Waals surface area contributed by atoms with Crippen LogP contribution in [0.4, 0.5) is 8.78 Å². The highest BCUT2D eigenvalue weighted by Crippen LogP contribution is 2.51. The predicted molar refractivity (Wildman–Crippen MR) is 52.4 cm³/mol. The lowest BCUT2D eigenvalue weighted by Crippen LogP contribution is -2.46. The normalized spacial score (nSPS) is 23.8. The van der Waals surface area contributed by atoms with E-state index in [1.54, 1.807) is 6.92 Å². The fourth-order valence-corrected chi connectivity index (χ4v) is 2.35. The molecule has 0 heterocycles. The predicted octanol–water partition coefficient (Wildman–Crippen LogP) is 3.36. The maximum absolute atomic E-state index is 13.8. The first-order valence-electron chi connectivity index (χ1n) is 5.50. The fraction of sp³-hybridized carbons (Fsp3) is 1.00. The Balaban J connectivity index is 2.71. The maximum Gasteiger partial charge on any atom is 0.278 e. The largest absolute Gasteiger partial charge is 0.387 e. The molecular formula is C11H20F2O. The van der Waals surface area contributed by atoms with E-state index in [9.17, 15) is 13.9 Å². The highest BCUT2D eigenvalue weighted by molar-refractivity contribution is 4.96. The van der Waals surface area contributed by atoms with E-state index in [0.717, 1.165) is 12.8 Å². The molecule has 0 aromatic heterocycles. The van der Waals surface area contributed by atoms with Crippen molar-refractivity contribution in [1.29, 1.82) is 0 Å². The molecule has 0 spiro atoms. The highest BCUT2D eigenvalue weighted by atomic mass is 19.3. The van der Waals surface area contributed by atoms with Crippen molar-refractivity contribution in [3.05, 3.63) is 0 Å². The number of halogens is 2. The average molecular weight is 206 g/mol. The summed E-state index contributed by atoms with van der Waals surface area (Å²) in [6.45, 7) is 3.43. The van der Waals surface area contributed by atoms with Crippen molar-refractivity contribution in [3.8, 4) is 0 Å². The summed E-state index contributed by atoms with van der Waals surface area (Å²) in [6, 6.07) is 0. The first-order valence-corrected chi connectivity index (χ1v) is 5.50. The van der Waals surface area contributed by atoms with Gasteiger partial charge in [-0.3, -0.25) is 0 Å². The summed E-state index contributed by atoms with van der Waals surface area (Å²) >= 11 is 0. The van der Waals surface area contributed by atoms with Crippen LogP contribution in [0.2, 0.25) is 0 Å². The molecule has 0 radical (unpaired) electrons. The number of alkyl halides is 2. The van der Waals surface area contributed by atoms with Gasteiger partial charge in [0.1, 0.15) is 6.10 Å². The standard InChI is InChI=1S/C11H20F2O/c1-3-6-9(14)11(12,13)10(2)7-4-5-8-10/h9,14H,3-8H2,1-2H3. The van der Waals surface area contributed by atoms with Gasteiger partial charge >= 0.3 is 0 Å². The molecule has 0 amide bonds. The molecule has 1 fully saturated rings. The number of aliphatic hydroxyl groups is 1. The van der Waals surface area contributed by atoms with Gasteiger partial charge in [0.15, 0.2) is 0 Å². The summed E-state index contributed by atoms with van der Waals surface area (Å²) in [5, 5.41) is 9.45. The van der Waals surface area contributed by atoms with Gasteiger partial charge in [0.2, 0.25) is 0 Å². The van der Waals surface area contributed by atoms with Gasteiger partial charge in [0.05, 0.1) is 0 Å². The van der Waals surface area contributed by atoms with Gasteiger partial charge in [0, 0.05) is 5.41 Å². The van der Waals surface area contributed by atoms with Gasteiger partial charge in [-0.2, -0.15) is 0 Å². The van der Waals surface area contributed by atoms with E-state index >= 15 is 0 Å². The summed E-state index contributed by atoms with van der Waals surface area (Å²) in [7, 11) is 0. The number of aliphatic hydroxyl groups excluding tert-OH is 1. The van der Waals surface area contributed by atoms with Gasteiger partial charge in [0.25, 0.3) is 5.92 Å². The van der Waals surface area contributed by atoms with Crippen LogP contribution < -0.4 is 0 Å². The van der Waals surface area contributed by atoms with E-state index in [1.807, 2.05) is 6.92 Å². The van der Waals surface area contributed by atoms with Gasteiger partial charge < -0.3 is 5.11 Å². The Labute approximate surface area is 84.5 Å². The zero-order valence-corrected chi connectivity index (χ0v) is 9.02. The quantitative estimate of drug-likeness (QED) is 0.747. The first kappa shape index (κ1) is 11.9. The van der Waals surface area contributed by atoms with Gasteiger partial charge in [-0.25, -0.2) is 8.78 Å². The second-order valence-corrected chi connectivity index (χ2v) is 4.70. The summed E-state index contributed by atoms with van der Waals surface area (Å²) in [4.78, 5) is 0. The van der Waals surface area contributed by atoms with Crippen LogP contribution in [0.3, 0.4) is 0 Å². The molecular weight excluding hydrogens is 186 g/mol. The summed E-state index contributed by atoms with van der Waals surface area (Å²) in [6.07, 6.45) is 2.16. The lowest BCUT2D eigenvalue weighted by Gasteiger charge is -2.37. The Hall–Kier alpha value is -0.180. The molecule has 1 rings (SSSR count). The summed E-state index contributed by atoms with van der Waals surface area (Å²) in [5.74, 6) is -2.92. The fourth-order valence-electron chi connectivity index (χ4n) is 2.35. The highest BCUT2D eigenvalue weighted by Gasteiger charge is 2.55. The van der Waals surface area contributed by atoms with Crippen LogP contribution in [0.15, 0.2) is 0 Å². The van der Waals surface area contributed by atoms with Crippen LogP contribution in [-0.4, -0.2) is 17.1 Å². The molecule has 84 valence electrons. The third kappa shape index (κ3) is 1.92. The summed E-state index contributed by atoms with van der Waals surface area (Å²) in [5.41, 5.74) is -0.971. The van der Waals surface area contributed by atoms with E-state index in [0.29, 0.717) is 19.3 Å². The van der Waals surface area contributed by atoms with Crippen molar-refractivity contribution in [2.45, 2.75) is 64.4 Å². The molecule has 1 nitrogen and oxygen atoms in total. The minimum atomic E-state index is -2.92. The second kappa shape index (κ2) is 4.13. The molecule has 1 atom stereocenters. The first-order chi connectivity index (χ1) is 6.44. The number of rotatable bonds is 4. The smallest absolute Gasteiger partial charge is 0.278 e. The van der Waals surface area contributed by atoms with Crippen molar-refractivity contribution in [2.24, 2.45) is 5.41 Å². The monoisotopic (exact) mass is 206 g/mol. The molecule has 1 N–H and O–H groups in total. The van der Waals surface area contributed by atoms with Crippen molar-refractivity contribution >= 4 is 0 Å². The van der Waals surface area contributed by atoms with Crippen molar-refractivity contribution in [3.63, 3.8) is 0 Å². The van der Waals surface area contributed by atoms with Crippen LogP contribution in [0.1, 0.15) is 52.4 Å². The molecule has 14 heavy (non-hydrogen) atoms. The van der Waals surface area contributed by atoms with E-state index < -0.39 is 17.4 Å². The minimum absolute atomic E-state index is 0.197. The Morgan fingerprint density at radius 1 is 1.36 bits per heavy atom. The second-order valence-electron chi connectivity index (χ2n) is 4.70. The van der Waals surface area contributed by atoms with Crippen LogP contribution in [0.25, 0.3) is 0 Å². The minimum Gasteiger partial charge on any atom is -0.387 e. The van der Waals surface area contributed by atoms with Crippen LogP contribution >= 0.6 is 0 Å². The molecule has 1 unspecified atom stereocenters. The molecule has 1 saturated carbocycles. The zero-order valence-electron chi connectivity index (χ0n) is 9.02. The lowest BCUT2D eigenvalue weighted by atomic mass is 9.78. The molecule has 0 bridgehead atoms. The van der Waals surface area contributed by atoms with Crippen molar-refractivity contribution < 1.29 is 13.9 Å². The Morgan fingerprint density at radius 3 is 2.29 bits per heavy atom. The molecule has 1 aliphatic rings. The van der Waals surface area contributed by atoms with Gasteiger partial charge in [-0.1, -0.05) is 33.1 Å². The van der Waals surface area contributed by atoms with E-state index in [2.05, 4.69) is 0 Å². The Bertz CT molecular complexity index is 186. The van der Waals surface area contributed by atoms with Crippen molar-refractivity contribution in [1.82, 2.24) is 0 Å². The molecule has 0 aromatic carbocycles. The lowest BCUT2D eigenvalue weighted by molar-refractivity contribution is -0.187. The summed E-state index contributed by atoms with van der Waals surface area (Å²) < 4.78 is 27.7. The third-order valence-corrected chi connectivity index (χ3v) is 3.49. The molecule has 3 heteroatoms. The Kier molecular flexibility index (Phi) is 3.51. The van der Waals surface area contributed by atoms with E-state index in [4.69, 9.17) is 0 Å². The molecule has 0 saturated heterocycles. The van der Waals surface area contributed by atoms with E-state index in [-0.39, 0.29) is 6.42 Å². The van der Waals surface area contributed by atoms with E-state index in [1.165, 1.54) is 0 Å². The topological polar surface area (TPSA) is 20.2 Å². The third-order valence-electron chi connectivity index (χ3n) is 3.49. The molecule has 0 aromatic rings. The van der Waals surface area contributed by atoms with Crippen LogP contribution in [0, 0.1) is 5.41 Å². The average Bonchev–Trinajstić information content (AvgIpc) is 2.54. The Morgan fingerprint density at radius 2 is 1.86 bits per heavy atom. The maximum atomic E-state index is 13.8. The molecule has 0 aliphatic heterocycles.